The molecule has 3 atom stereocenters. The standard InChI is InChI=1S/C15H21ClN4O/c1-2-19-10-18-20(11-19)12-6-7-14(13(16)9-12)21-15-5-3-4-8-17-15/h3-5,8,10,12-14H,2,6-7,9,11H2,1H3. The molecule has 0 N–H and O–H groups in total. The molecule has 0 aromatic carbocycles. The summed E-state index contributed by atoms with van der Waals surface area (Å²) < 4.78 is 5.91. The molecule has 1 fully saturated rings. The van der Waals surface area contributed by atoms with E-state index in [-0.39, 0.29) is 11.5 Å². The lowest BCUT2D eigenvalue weighted by Gasteiger charge is -2.36. The van der Waals surface area contributed by atoms with Gasteiger partial charge in [-0.1, -0.05) is 6.07 Å². The zero-order valence-electron chi connectivity index (χ0n) is 12.2. The van der Waals surface area contributed by atoms with Crippen LogP contribution in [-0.4, -0.2) is 52.0 Å². The molecule has 0 radical (unpaired) electrons. The fraction of sp³-hybridized carbons (Fsp3) is 0.600. The number of pyridine rings is 1. The van der Waals surface area contributed by atoms with Gasteiger partial charge >= 0.3 is 0 Å². The summed E-state index contributed by atoms with van der Waals surface area (Å²) in [5, 5.41) is 6.62. The summed E-state index contributed by atoms with van der Waals surface area (Å²) in [4.78, 5) is 6.40. The number of hydrogen-bond acceptors (Lipinski definition) is 5. The minimum atomic E-state index is -0.00312. The molecule has 3 unspecified atom stereocenters. The Morgan fingerprint density at radius 2 is 2.29 bits per heavy atom. The molecule has 1 aliphatic heterocycles. The van der Waals surface area contributed by atoms with Gasteiger partial charge in [-0.15, -0.1) is 11.6 Å². The smallest absolute Gasteiger partial charge is 0.213 e. The number of hydrazone groups is 1. The largest absolute Gasteiger partial charge is 0.473 e. The van der Waals surface area contributed by atoms with Crippen LogP contribution in [0.25, 0.3) is 0 Å². The van der Waals surface area contributed by atoms with Crippen molar-refractivity contribution in [1.29, 1.82) is 0 Å². The highest BCUT2D eigenvalue weighted by Gasteiger charge is 2.34. The third-order valence-corrected chi connectivity index (χ3v) is 4.57. The lowest BCUT2D eigenvalue weighted by Crippen LogP contribution is -2.44. The molecule has 6 heteroatoms. The van der Waals surface area contributed by atoms with Crippen LogP contribution >= 0.6 is 11.6 Å². The highest BCUT2D eigenvalue weighted by molar-refractivity contribution is 6.21. The molecule has 0 spiro atoms. The third-order valence-electron chi connectivity index (χ3n) is 4.11. The molecule has 5 nitrogen and oxygen atoms in total. The van der Waals surface area contributed by atoms with E-state index in [0.717, 1.165) is 32.5 Å². The van der Waals surface area contributed by atoms with Gasteiger partial charge in [0.1, 0.15) is 19.1 Å². The number of halogens is 1. The maximum atomic E-state index is 6.53. The lowest BCUT2D eigenvalue weighted by molar-refractivity contribution is 0.0827. The topological polar surface area (TPSA) is 41.0 Å². The molecule has 1 aromatic rings. The van der Waals surface area contributed by atoms with E-state index >= 15 is 0 Å². The first-order chi connectivity index (χ1) is 10.3. The van der Waals surface area contributed by atoms with E-state index in [1.165, 1.54) is 0 Å². The van der Waals surface area contributed by atoms with E-state index in [9.17, 15) is 0 Å². The predicted molar refractivity (Wildman–Crippen MR) is 83.5 cm³/mol. The first-order valence-electron chi connectivity index (χ1n) is 7.53. The number of rotatable bonds is 4. The van der Waals surface area contributed by atoms with E-state index in [4.69, 9.17) is 16.3 Å². The third kappa shape index (κ3) is 3.40. The average Bonchev–Trinajstić information content (AvgIpc) is 2.99. The molecule has 1 aromatic heterocycles. The van der Waals surface area contributed by atoms with Crippen molar-refractivity contribution in [1.82, 2.24) is 14.9 Å². The summed E-state index contributed by atoms with van der Waals surface area (Å²) in [6, 6.07) is 6.09. The van der Waals surface area contributed by atoms with Crippen LogP contribution in [0.5, 0.6) is 5.88 Å². The van der Waals surface area contributed by atoms with Gasteiger partial charge in [-0.3, -0.25) is 5.01 Å². The van der Waals surface area contributed by atoms with Gasteiger partial charge in [-0.2, -0.15) is 5.10 Å². The number of hydrogen-bond donors (Lipinski definition) is 0. The first kappa shape index (κ1) is 14.4. The van der Waals surface area contributed by atoms with Crippen molar-refractivity contribution in [3.8, 4) is 5.88 Å². The number of ether oxygens (including phenoxy) is 1. The van der Waals surface area contributed by atoms with Crippen LogP contribution in [0.2, 0.25) is 0 Å². The van der Waals surface area contributed by atoms with Gasteiger partial charge in [0.2, 0.25) is 5.88 Å². The summed E-state index contributed by atoms with van der Waals surface area (Å²) in [6.07, 6.45) is 6.57. The molecule has 114 valence electrons. The summed E-state index contributed by atoms with van der Waals surface area (Å²) in [5.74, 6) is 0.656. The van der Waals surface area contributed by atoms with Gasteiger partial charge in [0, 0.05) is 18.8 Å². The minimum Gasteiger partial charge on any atom is -0.473 e. The molecular formula is C15H21ClN4O. The zero-order chi connectivity index (χ0) is 14.7. The quantitative estimate of drug-likeness (QED) is 0.802. The van der Waals surface area contributed by atoms with Crippen molar-refractivity contribution in [2.45, 2.75) is 43.7 Å². The van der Waals surface area contributed by atoms with Crippen LogP contribution in [0.1, 0.15) is 26.2 Å². The zero-order valence-corrected chi connectivity index (χ0v) is 13.0. The van der Waals surface area contributed by atoms with Crippen molar-refractivity contribution in [2.24, 2.45) is 5.10 Å². The molecule has 0 bridgehead atoms. The maximum absolute atomic E-state index is 6.53. The molecule has 0 amide bonds. The van der Waals surface area contributed by atoms with Crippen LogP contribution in [0.4, 0.5) is 0 Å². The van der Waals surface area contributed by atoms with Gasteiger partial charge in [0.25, 0.3) is 0 Å². The Bertz CT molecular complexity index is 484. The summed E-state index contributed by atoms with van der Waals surface area (Å²) in [6.45, 7) is 4.00. The van der Waals surface area contributed by atoms with Crippen molar-refractivity contribution >= 4 is 17.9 Å². The normalized spacial score (nSPS) is 29.0. The lowest BCUT2D eigenvalue weighted by atomic mass is 9.92. The molecule has 3 rings (SSSR count). The average molecular weight is 309 g/mol. The van der Waals surface area contributed by atoms with Crippen LogP contribution in [0.15, 0.2) is 29.5 Å². The van der Waals surface area contributed by atoms with Gasteiger partial charge in [0.15, 0.2) is 0 Å². The Hall–Kier alpha value is -1.49. The monoisotopic (exact) mass is 308 g/mol. The second kappa shape index (κ2) is 6.52. The van der Waals surface area contributed by atoms with Gasteiger partial charge in [0.05, 0.1) is 11.4 Å². The Morgan fingerprint density at radius 1 is 1.38 bits per heavy atom. The van der Waals surface area contributed by atoms with E-state index in [1.54, 1.807) is 6.20 Å². The molecule has 1 aliphatic carbocycles. The fourth-order valence-corrected chi connectivity index (χ4v) is 3.22. The predicted octanol–water partition coefficient (Wildman–Crippen LogP) is 2.53. The first-order valence-corrected chi connectivity index (χ1v) is 7.96. The highest BCUT2D eigenvalue weighted by atomic mass is 35.5. The Kier molecular flexibility index (Phi) is 4.48. The Labute approximate surface area is 130 Å². The van der Waals surface area contributed by atoms with Crippen molar-refractivity contribution in [2.75, 3.05) is 13.2 Å². The highest BCUT2D eigenvalue weighted by Crippen LogP contribution is 2.30. The van der Waals surface area contributed by atoms with Crippen LogP contribution < -0.4 is 4.74 Å². The second-order valence-corrected chi connectivity index (χ2v) is 6.08. The molecule has 1 saturated carbocycles. The molecule has 2 heterocycles. The minimum absolute atomic E-state index is 0.00312. The van der Waals surface area contributed by atoms with Crippen molar-refractivity contribution in [3.05, 3.63) is 24.4 Å². The van der Waals surface area contributed by atoms with Gasteiger partial charge in [-0.05, 0) is 32.3 Å². The van der Waals surface area contributed by atoms with E-state index < -0.39 is 0 Å². The number of nitrogens with zero attached hydrogens (tertiary/aromatic N) is 4. The van der Waals surface area contributed by atoms with Gasteiger partial charge in [-0.25, -0.2) is 4.98 Å². The van der Waals surface area contributed by atoms with E-state index in [1.807, 2.05) is 24.5 Å². The van der Waals surface area contributed by atoms with Crippen molar-refractivity contribution in [3.63, 3.8) is 0 Å². The SMILES string of the molecule is CCN1C=NN(C2CCC(Oc3ccccn3)C(Cl)C2)C1. The molecule has 21 heavy (non-hydrogen) atoms. The van der Waals surface area contributed by atoms with Crippen molar-refractivity contribution < 1.29 is 4.74 Å². The fourth-order valence-electron chi connectivity index (χ4n) is 2.83. The number of alkyl halides is 1. The van der Waals surface area contributed by atoms with Gasteiger partial charge < -0.3 is 9.64 Å². The molecule has 2 aliphatic rings. The summed E-state index contributed by atoms with van der Waals surface area (Å²) >= 11 is 6.53. The molecule has 0 saturated heterocycles. The van der Waals surface area contributed by atoms with E-state index in [0.29, 0.717) is 11.9 Å². The molecular weight excluding hydrogens is 288 g/mol. The van der Waals surface area contributed by atoms with Crippen LogP contribution in [-0.2, 0) is 0 Å². The Morgan fingerprint density at radius 3 is 2.95 bits per heavy atom. The van der Waals surface area contributed by atoms with Crippen LogP contribution in [0, 0.1) is 0 Å². The number of aromatic nitrogens is 1. The van der Waals surface area contributed by atoms with Crippen LogP contribution in [0.3, 0.4) is 0 Å². The summed E-state index contributed by atoms with van der Waals surface area (Å²) in [7, 11) is 0. The van der Waals surface area contributed by atoms with E-state index in [2.05, 4.69) is 26.9 Å². The maximum Gasteiger partial charge on any atom is 0.213 e. The second-order valence-electron chi connectivity index (χ2n) is 5.52. The Balaban J connectivity index is 1.54. The summed E-state index contributed by atoms with van der Waals surface area (Å²) in [5.41, 5.74) is 0.